The van der Waals surface area contributed by atoms with E-state index in [1.807, 2.05) is 13.8 Å². The molecular weight excluding hydrogens is 478 g/mol. The predicted molar refractivity (Wildman–Crippen MR) is 136 cm³/mol. The molecule has 3 amide bonds. The Kier molecular flexibility index (Phi) is 11.6. The number of esters is 1. The van der Waals surface area contributed by atoms with Crippen LogP contribution in [0.1, 0.15) is 69.4 Å². The number of nitrogens with zero attached hydrogens (tertiary/aromatic N) is 2. The van der Waals surface area contributed by atoms with Crippen LogP contribution in [0.5, 0.6) is 0 Å². The lowest BCUT2D eigenvalue weighted by Crippen LogP contribution is -2.61. The van der Waals surface area contributed by atoms with E-state index in [4.69, 9.17) is 4.74 Å². The first kappa shape index (κ1) is 29.9. The fourth-order valence-electron chi connectivity index (χ4n) is 3.88. The summed E-state index contributed by atoms with van der Waals surface area (Å²) in [5.74, 6) is -2.10. The Morgan fingerprint density at radius 2 is 1.89 bits per heavy atom. The Bertz CT molecular complexity index is 963. The number of hydrogen-bond donors (Lipinski definition) is 3. The standard InChI is InChI=1S/C26H39N5O6/c1-16(2)13-22(33)27-12-10-23(34)31-20(7-6-11-29-31)25(35)30-24(17(3)4)21(32)15-37-26(36)19-9-8-18(5)28-14-19/h8-9,14,16-17,20,24,29H,6-7,10-13,15H2,1-5H3,(H,27,33)(H,30,35). The number of nitrogens with one attached hydrogen (secondary N) is 3. The number of aryl methyl sites for hydroxylation is 1. The van der Waals surface area contributed by atoms with Crippen LogP contribution in [0.2, 0.25) is 0 Å². The van der Waals surface area contributed by atoms with Crippen molar-refractivity contribution >= 4 is 29.5 Å². The summed E-state index contributed by atoms with van der Waals surface area (Å²) >= 11 is 0. The largest absolute Gasteiger partial charge is 0.454 e. The van der Waals surface area contributed by atoms with Crippen molar-refractivity contribution in [3.63, 3.8) is 0 Å². The summed E-state index contributed by atoms with van der Waals surface area (Å²) < 4.78 is 5.14. The minimum Gasteiger partial charge on any atom is -0.454 e. The molecule has 11 nitrogen and oxygen atoms in total. The molecule has 37 heavy (non-hydrogen) atoms. The Labute approximate surface area is 218 Å². The first-order valence-corrected chi connectivity index (χ1v) is 12.7. The van der Waals surface area contributed by atoms with Crippen molar-refractivity contribution in [2.45, 2.75) is 72.4 Å². The maximum atomic E-state index is 13.1. The van der Waals surface area contributed by atoms with Crippen LogP contribution in [-0.4, -0.2) is 71.2 Å². The highest BCUT2D eigenvalue weighted by Crippen LogP contribution is 2.14. The number of aromatic nitrogens is 1. The van der Waals surface area contributed by atoms with E-state index in [0.717, 1.165) is 5.69 Å². The number of ether oxygens (including phenoxy) is 1. The van der Waals surface area contributed by atoms with Crippen LogP contribution in [0.15, 0.2) is 18.3 Å². The number of carbonyl (C=O) groups excluding carboxylic acids is 5. The van der Waals surface area contributed by atoms with Crippen LogP contribution >= 0.6 is 0 Å². The fraction of sp³-hybridized carbons (Fsp3) is 0.615. The summed E-state index contributed by atoms with van der Waals surface area (Å²) in [6.07, 6.45) is 2.90. The van der Waals surface area contributed by atoms with Gasteiger partial charge in [-0.05, 0) is 43.7 Å². The van der Waals surface area contributed by atoms with Gasteiger partial charge in [0.1, 0.15) is 6.04 Å². The summed E-state index contributed by atoms with van der Waals surface area (Å²) in [7, 11) is 0. The third-order valence-electron chi connectivity index (χ3n) is 5.88. The average molecular weight is 518 g/mol. The molecule has 1 aliphatic heterocycles. The van der Waals surface area contributed by atoms with Gasteiger partial charge in [0.25, 0.3) is 0 Å². The van der Waals surface area contributed by atoms with Crippen molar-refractivity contribution in [3.05, 3.63) is 29.6 Å². The molecule has 1 aliphatic rings. The van der Waals surface area contributed by atoms with Gasteiger partial charge in [-0.15, -0.1) is 0 Å². The zero-order valence-corrected chi connectivity index (χ0v) is 22.3. The summed E-state index contributed by atoms with van der Waals surface area (Å²) in [5, 5.41) is 6.76. The van der Waals surface area contributed by atoms with E-state index in [9.17, 15) is 24.0 Å². The number of hydrazine groups is 1. The Balaban J connectivity index is 1.94. The normalized spacial score (nSPS) is 16.3. The molecule has 11 heteroatoms. The maximum Gasteiger partial charge on any atom is 0.340 e. The van der Waals surface area contributed by atoms with Gasteiger partial charge in [0, 0.05) is 37.8 Å². The van der Waals surface area contributed by atoms with Crippen molar-refractivity contribution in [2.24, 2.45) is 11.8 Å². The molecule has 204 valence electrons. The van der Waals surface area contributed by atoms with Crippen LogP contribution in [0.4, 0.5) is 0 Å². The quantitative estimate of drug-likeness (QED) is 0.352. The van der Waals surface area contributed by atoms with Crippen LogP contribution in [0, 0.1) is 18.8 Å². The van der Waals surface area contributed by atoms with Crippen molar-refractivity contribution < 1.29 is 28.7 Å². The number of hydrogen-bond acceptors (Lipinski definition) is 8. The Morgan fingerprint density at radius 1 is 1.16 bits per heavy atom. The monoisotopic (exact) mass is 517 g/mol. The third kappa shape index (κ3) is 9.56. The third-order valence-corrected chi connectivity index (χ3v) is 5.88. The Hall–Kier alpha value is -3.34. The zero-order valence-electron chi connectivity index (χ0n) is 22.3. The van der Waals surface area contributed by atoms with Crippen molar-refractivity contribution in [3.8, 4) is 0 Å². The lowest BCUT2D eigenvalue weighted by molar-refractivity contribution is -0.147. The number of Topliss-reactive ketones (excluding diaryl/α,β-unsaturated/α-hetero) is 1. The van der Waals surface area contributed by atoms with Crippen molar-refractivity contribution in [2.75, 3.05) is 19.7 Å². The zero-order chi connectivity index (χ0) is 27.5. The molecule has 1 aromatic rings. The number of carbonyl (C=O) groups is 5. The second kappa shape index (κ2) is 14.4. The smallest absolute Gasteiger partial charge is 0.340 e. The van der Waals surface area contributed by atoms with Gasteiger partial charge in [-0.3, -0.25) is 29.2 Å². The number of pyridine rings is 1. The molecular formula is C26H39N5O6. The molecule has 0 aliphatic carbocycles. The molecule has 0 radical (unpaired) electrons. The van der Waals surface area contributed by atoms with Gasteiger partial charge in [-0.2, -0.15) is 0 Å². The minimum atomic E-state index is -0.898. The fourth-order valence-corrected chi connectivity index (χ4v) is 3.88. The molecule has 0 saturated carbocycles. The van der Waals surface area contributed by atoms with Crippen molar-refractivity contribution in [1.29, 1.82) is 0 Å². The summed E-state index contributed by atoms with van der Waals surface area (Å²) in [4.78, 5) is 66.9. The van der Waals surface area contributed by atoms with Crippen LogP contribution in [0.3, 0.4) is 0 Å². The molecule has 3 N–H and O–H groups in total. The van der Waals surface area contributed by atoms with Gasteiger partial charge in [0.2, 0.25) is 17.7 Å². The highest BCUT2D eigenvalue weighted by atomic mass is 16.5. The molecule has 0 aromatic carbocycles. The molecule has 1 fully saturated rings. The summed E-state index contributed by atoms with van der Waals surface area (Å²) in [5.41, 5.74) is 3.94. The van der Waals surface area contributed by atoms with E-state index in [0.29, 0.717) is 25.8 Å². The average Bonchev–Trinajstić information content (AvgIpc) is 2.85. The van der Waals surface area contributed by atoms with Gasteiger partial charge >= 0.3 is 5.97 Å². The van der Waals surface area contributed by atoms with E-state index >= 15 is 0 Å². The molecule has 2 unspecified atom stereocenters. The highest BCUT2D eigenvalue weighted by Gasteiger charge is 2.35. The molecule has 2 atom stereocenters. The molecule has 2 rings (SSSR count). The van der Waals surface area contributed by atoms with Gasteiger partial charge in [0.05, 0.1) is 11.6 Å². The first-order chi connectivity index (χ1) is 17.5. The van der Waals surface area contributed by atoms with Gasteiger partial charge in [-0.25, -0.2) is 10.2 Å². The lowest BCUT2D eigenvalue weighted by atomic mass is 9.98. The molecule has 2 heterocycles. The second-order valence-electron chi connectivity index (χ2n) is 9.99. The van der Waals surface area contributed by atoms with Gasteiger partial charge < -0.3 is 15.4 Å². The van der Waals surface area contributed by atoms with Crippen LogP contribution < -0.4 is 16.1 Å². The number of ketones is 1. The van der Waals surface area contributed by atoms with Gasteiger partial charge in [-0.1, -0.05) is 27.7 Å². The SMILES string of the molecule is Cc1ccc(C(=O)OCC(=O)C(NC(=O)C2CCCNN2C(=O)CCNC(=O)CC(C)C)C(C)C)cn1. The van der Waals surface area contributed by atoms with E-state index in [1.54, 1.807) is 32.9 Å². The van der Waals surface area contributed by atoms with E-state index in [2.05, 4.69) is 21.0 Å². The Morgan fingerprint density at radius 3 is 2.51 bits per heavy atom. The number of amides is 3. The summed E-state index contributed by atoms with van der Waals surface area (Å²) in [6.45, 7) is 9.41. The van der Waals surface area contributed by atoms with Gasteiger partial charge in [0.15, 0.2) is 12.4 Å². The van der Waals surface area contributed by atoms with Crippen LogP contribution in [-0.2, 0) is 23.9 Å². The van der Waals surface area contributed by atoms with E-state index in [-0.39, 0.29) is 42.2 Å². The molecule has 0 bridgehead atoms. The van der Waals surface area contributed by atoms with Crippen molar-refractivity contribution in [1.82, 2.24) is 26.1 Å². The number of rotatable bonds is 12. The molecule has 1 aromatic heterocycles. The summed E-state index contributed by atoms with van der Waals surface area (Å²) in [6, 6.07) is 1.53. The second-order valence-corrected chi connectivity index (χ2v) is 9.99. The molecule has 1 saturated heterocycles. The highest BCUT2D eigenvalue weighted by molar-refractivity contribution is 5.95. The van der Waals surface area contributed by atoms with E-state index in [1.165, 1.54) is 11.2 Å². The van der Waals surface area contributed by atoms with E-state index < -0.39 is 36.4 Å². The first-order valence-electron chi connectivity index (χ1n) is 12.7. The lowest BCUT2D eigenvalue weighted by Gasteiger charge is -2.36. The minimum absolute atomic E-state index is 0.0387. The predicted octanol–water partition coefficient (Wildman–Crippen LogP) is 1.30. The van der Waals surface area contributed by atoms with Crippen LogP contribution in [0.25, 0.3) is 0 Å². The maximum absolute atomic E-state index is 13.1. The molecule has 0 spiro atoms. The topological polar surface area (TPSA) is 147 Å².